The zero-order valence-electron chi connectivity index (χ0n) is 5.49. The van der Waals surface area contributed by atoms with Crippen LogP contribution < -0.4 is 0 Å². The van der Waals surface area contributed by atoms with Crippen LogP contribution in [-0.4, -0.2) is 4.98 Å². The maximum atomic E-state index is 12.7. The van der Waals surface area contributed by atoms with Crippen molar-refractivity contribution in [3.63, 3.8) is 0 Å². The smallest absolute Gasteiger partial charge is 0.234 e. The third-order valence-electron chi connectivity index (χ3n) is 1.12. The van der Waals surface area contributed by atoms with Crippen LogP contribution in [0.25, 0.3) is 0 Å². The Labute approximate surface area is 79.7 Å². The highest BCUT2D eigenvalue weighted by atomic mass is 79.9. The van der Waals surface area contributed by atoms with E-state index in [1.54, 1.807) is 0 Å². The van der Waals surface area contributed by atoms with Gasteiger partial charge in [-0.25, -0.2) is 18.2 Å². The first-order valence-electron chi connectivity index (χ1n) is 2.82. The number of alkyl halides is 2. The minimum atomic E-state index is -2.81. The van der Waals surface area contributed by atoms with Crippen LogP contribution in [0.3, 0.4) is 0 Å². The molecule has 0 amide bonds. The molecule has 0 saturated heterocycles. The van der Waals surface area contributed by atoms with E-state index in [0.29, 0.717) is 6.07 Å². The molecule has 1 nitrogen and oxygen atoms in total. The van der Waals surface area contributed by atoms with Gasteiger partial charge in [-0.05, 0) is 15.9 Å². The fourth-order valence-corrected chi connectivity index (χ4v) is 0.989. The monoisotopic (exact) mass is 259 g/mol. The molecule has 1 aromatic heterocycles. The van der Waals surface area contributed by atoms with Crippen LogP contribution in [0.1, 0.15) is 12.1 Å². The molecule has 1 rings (SSSR count). The maximum absolute atomic E-state index is 12.7. The zero-order valence-corrected chi connectivity index (χ0v) is 7.83. The van der Waals surface area contributed by atoms with Crippen molar-refractivity contribution in [1.82, 2.24) is 4.98 Å². The summed E-state index contributed by atoms with van der Waals surface area (Å²) in [6.45, 7) is 0. The molecule has 1 heterocycles. The Bertz CT molecular complexity index is 282. The first-order valence-corrected chi connectivity index (χ1v) is 3.99. The number of rotatable bonds is 1. The van der Waals surface area contributed by atoms with Crippen molar-refractivity contribution in [3.8, 4) is 0 Å². The van der Waals surface area contributed by atoms with Crippen molar-refractivity contribution < 1.29 is 13.2 Å². The standard InChI is InChI=1S/C6H2BrClF3N/c7-4-2(9)1-3(6(10)11)12-5(4)8/h1,6H. The van der Waals surface area contributed by atoms with Gasteiger partial charge in [0, 0.05) is 6.07 Å². The summed E-state index contributed by atoms with van der Waals surface area (Å²) in [7, 11) is 0. The van der Waals surface area contributed by atoms with Gasteiger partial charge in [0.15, 0.2) is 0 Å². The first-order chi connectivity index (χ1) is 5.52. The van der Waals surface area contributed by atoms with E-state index in [0.717, 1.165) is 0 Å². The van der Waals surface area contributed by atoms with Gasteiger partial charge in [0.2, 0.25) is 0 Å². The Morgan fingerprint density at radius 3 is 2.50 bits per heavy atom. The molecule has 0 aliphatic rings. The molecule has 1 aromatic rings. The largest absolute Gasteiger partial charge is 0.280 e. The lowest BCUT2D eigenvalue weighted by Gasteiger charge is -2.01. The number of aromatic nitrogens is 1. The molecule has 66 valence electrons. The Morgan fingerprint density at radius 1 is 1.50 bits per heavy atom. The molecule has 0 N–H and O–H groups in total. The predicted octanol–water partition coefficient (Wildman–Crippen LogP) is 3.57. The lowest BCUT2D eigenvalue weighted by Crippen LogP contribution is -1.93. The summed E-state index contributed by atoms with van der Waals surface area (Å²) >= 11 is 8.08. The Hall–Kier alpha value is -0.290. The molecule has 0 aliphatic heterocycles. The van der Waals surface area contributed by atoms with Crippen LogP contribution in [0.15, 0.2) is 10.5 Å². The molecule has 0 radical (unpaired) electrons. The van der Waals surface area contributed by atoms with E-state index in [2.05, 4.69) is 20.9 Å². The Kier molecular flexibility index (Phi) is 2.95. The van der Waals surface area contributed by atoms with Crippen LogP contribution in [0, 0.1) is 5.82 Å². The van der Waals surface area contributed by atoms with Crippen LogP contribution in [-0.2, 0) is 0 Å². The minimum absolute atomic E-state index is 0.103. The summed E-state index contributed by atoms with van der Waals surface area (Å²) in [5.74, 6) is -0.842. The number of pyridine rings is 1. The highest BCUT2D eigenvalue weighted by molar-refractivity contribution is 9.10. The van der Waals surface area contributed by atoms with Gasteiger partial charge in [0.1, 0.15) is 16.7 Å². The van der Waals surface area contributed by atoms with E-state index >= 15 is 0 Å². The van der Waals surface area contributed by atoms with Gasteiger partial charge >= 0.3 is 0 Å². The molecule has 0 fully saturated rings. The van der Waals surface area contributed by atoms with Crippen molar-refractivity contribution in [1.29, 1.82) is 0 Å². The summed E-state index contributed by atoms with van der Waals surface area (Å²) in [5.41, 5.74) is -0.666. The van der Waals surface area contributed by atoms with Gasteiger partial charge in [-0.15, -0.1) is 0 Å². The van der Waals surface area contributed by atoms with Gasteiger partial charge in [-0.3, -0.25) is 0 Å². The predicted molar refractivity (Wildman–Crippen MR) is 41.9 cm³/mol. The topological polar surface area (TPSA) is 12.9 Å². The van der Waals surface area contributed by atoms with Crippen molar-refractivity contribution >= 4 is 27.5 Å². The molecule has 0 aliphatic carbocycles. The van der Waals surface area contributed by atoms with Gasteiger partial charge in [0.25, 0.3) is 6.43 Å². The molecule has 6 heteroatoms. The fraction of sp³-hybridized carbons (Fsp3) is 0.167. The second-order valence-corrected chi connectivity index (χ2v) is 3.09. The SMILES string of the molecule is Fc1cc(C(F)F)nc(Cl)c1Br. The average molecular weight is 260 g/mol. The molecule has 0 atom stereocenters. The van der Waals surface area contributed by atoms with Crippen LogP contribution in [0.2, 0.25) is 5.15 Å². The van der Waals surface area contributed by atoms with Crippen molar-refractivity contribution in [2.45, 2.75) is 6.43 Å². The van der Waals surface area contributed by atoms with E-state index < -0.39 is 17.9 Å². The number of halogens is 5. The van der Waals surface area contributed by atoms with Crippen LogP contribution in [0.5, 0.6) is 0 Å². The van der Waals surface area contributed by atoms with E-state index in [1.807, 2.05) is 0 Å². The summed E-state index contributed by atoms with van der Waals surface area (Å²) in [6.07, 6.45) is -2.81. The third-order valence-corrected chi connectivity index (χ3v) is 2.37. The molecule has 0 unspecified atom stereocenters. The second kappa shape index (κ2) is 3.62. The Morgan fingerprint density at radius 2 is 2.08 bits per heavy atom. The highest BCUT2D eigenvalue weighted by Gasteiger charge is 2.14. The number of nitrogens with zero attached hydrogens (tertiary/aromatic N) is 1. The fourth-order valence-electron chi connectivity index (χ4n) is 0.598. The van der Waals surface area contributed by atoms with E-state index in [9.17, 15) is 13.2 Å². The van der Waals surface area contributed by atoms with Gasteiger partial charge in [-0.2, -0.15) is 0 Å². The van der Waals surface area contributed by atoms with Crippen molar-refractivity contribution in [2.75, 3.05) is 0 Å². The van der Waals surface area contributed by atoms with E-state index in [1.165, 1.54) is 0 Å². The molecule has 12 heavy (non-hydrogen) atoms. The number of hydrogen-bond donors (Lipinski definition) is 0. The van der Waals surface area contributed by atoms with Gasteiger partial charge < -0.3 is 0 Å². The molecule has 0 aromatic carbocycles. The molecule has 0 saturated carbocycles. The maximum Gasteiger partial charge on any atom is 0.280 e. The number of hydrogen-bond acceptors (Lipinski definition) is 1. The summed E-state index contributed by atoms with van der Waals surface area (Å²) in [5, 5.41) is -0.301. The molecule has 0 spiro atoms. The third kappa shape index (κ3) is 1.90. The Balaban J connectivity index is 3.21. The van der Waals surface area contributed by atoms with Gasteiger partial charge in [-0.1, -0.05) is 11.6 Å². The van der Waals surface area contributed by atoms with Crippen LogP contribution >= 0.6 is 27.5 Å². The summed E-state index contributed by atoms with van der Waals surface area (Å²) in [6, 6.07) is 0.640. The summed E-state index contributed by atoms with van der Waals surface area (Å²) in [4.78, 5) is 3.26. The van der Waals surface area contributed by atoms with Crippen molar-refractivity contribution in [2.24, 2.45) is 0 Å². The highest BCUT2D eigenvalue weighted by Crippen LogP contribution is 2.27. The van der Waals surface area contributed by atoms with E-state index in [-0.39, 0.29) is 9.63 Å². The zero-order chi connectivity index (χ0) is 9.30. The molecular weight excluding hydrogens is 258 g/mol. The van der Waals surface area contributed by atoms with Crippen LogP contribution in [0.4, 0.5) is 13.2 Å². The first kappa shape index (κ1) is 9.80. The normalized spacial score (nSPS) is 10.8. The average Bonchev–Trinajstić information content (AvgIpc) is 1.99. The van der Waals surface area contributed by atoms with Crippen molar-refractivity contribution in [3.05, 3.63) is 27.2 Å². The van der Waals surface area contributed by atoms with E-state index in [4.69, 9.17) is 11.6 Å². The second-order valence-electron chi connectivity index (χ2n) is 1.93. The lowest BCUT2D eigenvalue weighted by molar-refractivity contribution is 0.145. The van der Waals surface area contributed by atoms with Gasteiger partial charge in [0.05, 0.1) is 4.47 Å². The lowest BCUT2D eigenvalue weighted by atomic mass is 10.3. The molecule has 0 bridgehead atoms. The molecular formula is C6H2BrClF3N. The minimum Gasteiger partial charge on any atom is -0.234 e. The summed E-state index contributed by atoms with van der Waals surface area (Å²) < 4.78 is 36.5. The quantitative estimate of drug-likeness (QED) is 0.703.